The molecule has 0 spiro atoms. The Hall–Kier alpha value is -0.0736. The molecule has 17 heavy (non-hydrogen) atoms. The first kappa shape index (κ1) is 16.9. The number of aliphatic carboxylic acids is 1. The van der Waals surface area contributed by atoms with E-state index in [1.165, 1.54) is 0 Å². The maximum atomic E-state index is 10.4. The third-order valence-corrected chi connectivity index (χ3v) is 2.58. The van der Waals surface area contributed by atoms with E-state index < -0.39 is 5.97 Å². The van der Waals surface area contributed by atoms with E-state index in [4.69, 9.17) is 0 Å². The normalized spacial score (nSPS) is 9.53. The molecule has 0 fully saturated rings. The van der Waals surface area contributed by atoms with Gasteiger partial charge in [0.2, 0.25) is 0 Å². The van der Waals surface area contributed by atoms with E-state index in [0.717, 1.165) is 22.3 Å². The molecule has 1 aromatic carbocycles. The van der Waals surface area contributed by atoms with E-state index in [1.54, 1.807) is 0 Å². The number of carboxylic acid groups (broad SMARTS) is 1. The molecule has 0 saturated carbocycles. The van der Waals surface area contributed by atoms with Crippen molar-refractivity contribution in [1.82, 2.24) is 0 Å². The standard InChI is InChI=1S/C12H15NO3.K/c1-8-5-10(7-13-16)6-9(2)11(8)3-4-12(14)15;/h5-6H,3-4,7H2,1-2H3,(H,14,15);/q;+1/p-1. The molecule has 1 rings (SSSR count). The number of hydrogen-bond donors (Lipinski definition) is 0. The molecule has 4 nitrogen and oxygen atoms in total. The summed E-state index contributed by atoms with van der Waals surface area (Å²) in [5.41, 5.74) is 3.88. The number of hydrogen-bond acceptors (Lipinski definition) is 4. The summed E-state index contributed by atoms with van der Waals surface area (Å²) >= 11 is 0. The summed E-state index contributed by atoms with van der Waals surface area (Å²) < 4.78 is 0. The number of carbonyl (C=O) groups is 1. The van der Waals surface area contributed by atoms with Gasteiger partial charge in [-0.2, -0.15) is 4.91 Å². The van der Waals surface area contributed by atoms with Crippen LogP contribution in [0.2, 0.25) is 0 Å². The van der Waals surface area contributed by atoms with Crippen LogP contribution in [0, 0.1) is 18.8 Å². The molecule has 0 atom stereocenters. The molecule has 0 aliphatic heterocycles. The fourth-order valence-corrected chi connectivity index (χ4v) is 1.87. The molecule has 0 N–H and O–H groups in total. The fourth-order valence-electron chi connectivity index (χ4n) is 1.87. The van der Waals surface area contributed by atoms with Crippen molar-refractivity contribution in [2.75, 3.05) is 0 Å². The van der Waals surface area contributed by atoms with Crippen molar-refractivity contribution in [2.24, 2.45) is 5.18 Å². The Morgan fingerprint density at radius 2 is 1.82 bits per heavy atom. The number of benzene rings is 1. The predicted molar refractivity (Wildman–Crippen MR) is 58.7 cm³/mol. The molecule has 0 unspecified atom stereocenters. The summed E-state index contributed by atoms with van der Waals surface area (Å²) in [5, 5.41) is 13.2. The number of rotatable bonds is 5. The molecular weight excluding hydrogens is 245 g/mol. The van der Waals surface area contributed by atoms with Crippen molar-refractivity contribution < 1.29 is 61.3 Å². The molecule has 0 radical (unpaired) electrons. The van der Waals surface area contributed by atoms with Crippen molar-refractivity contribution in [3.05, 3.63) is 39.3 Å². The Labute approximate surface area is 143 Å². The van der Waals surface area contributed by atoms with E-state index in [9.17, 15) is 14.8 Å². The molecule has 86 valence electrons. The largest absolute Gasteiger partial charge is 1.00 e. The molecule has 5 heteroatoms. The van der Waals surface area contributed by atoms with Gasteiger partial charge in [0.15, 0.2) is 0 Å². The average molecular weight is 259 g/mol. The predicted octanol–water partition coefficient (Wildman–Crippen LogP) is -1.74. The van der Waals surface area contributed by atoms with Crippen molar-refractivity contribution >= 4 is 5.97 Å². The Balaban J connectivity index is 0.00000256. The van der Waals surface area contributed by atoms with Gasteiger partial charge in [0.1, 0.15) is 6.54 Å². The topological polar surface area (TPSA) is 69.6 Å². The zero-order valence-electron chi connectivity index (χ0n) is 10.4. The average Bonchev–Trinajstić information content (AvgIpc) is 2.16. The van der Waals surface area contributed by atoms with Gasteiger partial charge in [0.05, 0.1) is 0 Å². The van der Waals surface area contributed by atoms with E-state index in [1.807, 2.05) is 26.0 Å². The maximum absolute atomic E-state index is 10.4. The monoisotopic (exact) mass is 259 g/mol. The minimum Gasteiger partial charge on any atom is -0.550 e. The van der Waals surface area contributed by atoms with Crippen molar-refractivity contribution in [3.63, 3.8) is 0 Å². The van der Waals surface area contributed by atoms with Gasteiger partial charge >= 0.3 is 51.4 Å². The van der Waals surface area contributed by atoms with Gasteiger partial charge in [-0.3, -0.25) is 0 Å². The maximum Gasteiger partial charge on any atom is 1.00 e. The second-order valence-corrected chi connectivity index (χ2v) is 3.87. The molecule has 0 amide bonds. The molecule has 0 aromatic heterocycles. The zero-order chi connectivity index (χ0) is 12.1. The smallest absolute Gasteiger partial charge is 0.550 e. The third-order valence-electron chi connectivity index (χ3n) is 2.58. The van der Waals surface area contributed by atoms with Gasteiger partial charge in [-0.1, -0.05) is 17.3 Å². The van der Waals surface area contributed by atoms with Crippen LogP contribution < -0.4 is 56.5 Å². The Kier molecular flexibility index (Phi) is 8.07. The summed E-state index contributed by atoms with van der Waals surface area (Å²) in [7, 11) is 0. The summed E-state index contributed by atoms with van der Waals surface area (Å²) in [6, 6.07) is 3.75. The fraction of sp³-hybridized carbons (Fsp3) is 0.417. The van der Waals surface area contributed by atoms with E-state index in [2.05, 4.69) is 5.18 Å². The second kappa shape index (κ2) is 8.10. The van der Waals surface area contributed by atoms with E-state index >= 15 is 0 Å². The first-order valence-corrected chi connectivity index (χ1v) is 5.12. The molecule has 0 aliphatic carbocycles. The quantitative estimate of drug-likeness (QED) is 0.465. The van der Waals surface area contributed by atoms with Crippen LogP contribution in [-0.4, -0.2) is 5.97 Å². The first-order chi connectivity index (χ1) is 7.54. The number of aryl methyl sites for hydroxylation is 2. The summed E-state index contributed by atoms with van der Waals surface area (Å²) in [5.74, 6) is -1.04. The first-order valence-electron chi connectivity index (χ1n) is 5.12. The Morgan fingerprint density at radius 3 is 2.24 bits per heavy atom. The van der Waals surface area contributed by atoms with Gasteiger partial charge in [-0.05, 0) is 48.9 Å². The molecule has 0 bridgehead atoms. The second-order valence-electron chi connectivity index (χ2n) is 3.87. The minimum atomic E-state index is -1.04. The van der Waals surface area contributed by atoms with Gasteiger partial charge in [-0.25, -0.2) is 0 Å². The summed E-state index contributed by atoms with van der Waals surface area (Å²) in [6.07, 6.45) is 0.488. The van der Waals surface area contributed by atoms with Crippen molar-refractivity contribution in [1.29, 1.82) is 0 Å². The van der Waals surface area contributed by atoms with Gasteiger partial charge in [0.25, 0.3) is 0 Å². The van der Waals surface area contributed by atoms with Crippen LogP contribution in [0.15, 0.2) is 17.3 Å². The summed E-state index contributed by atoms with van der Waals surface area (Å²) in [4.78, 5) is 20.6. The third kappa shape index (κ3) is 5.40. The van der Waals surface area contributed by atoms with Crippen LogP contribution in [0.3, 0.4) is 0 Å². The van der Waals surface area contributed by atoms with Crippen LogP contribution in [-0.2, 0) is 17.8 Å². The number of nitrogens with zero attached hydrogens (tertiary/aromatic N) is 1. The number of nitroso groups, excluding NO2 is 1. The SMILES string of the molecule is Cc1cc(CN=O)cc(C)c1CCC(=O)[O-].[K+]. The van der Waals surface area contributed by atoms with Crippen LogP contribution in [0.25, 0.3) is 0 Å². The van der Waals surface area contributed by atoms with E-state index in [0.29, 0.717) is 6.42 Å². The van der Waals surface area contributed by atoms with E-state index in [-0.39, 0.29) is 64.4 Å². The Morgan fingerprint density at radius 1 is 1.29 bits per heavy atom. The van der Waals surface area contributed by atoms with Crippen LogP contribution in [0.5, 0.6) is 0 Å². The molecule has 0 aliphatic rings. The zero-order valence-corrected chi connectivity index (χ0v) is 13.6. The van der Waals surface area contributed by atoms with Gasteiger partial charge < -0.3 is 9.90 Å². The summed E-state index contributed by atoms with van der Waals surface area (Å²) in [6.45, 7) is 3.97. The van der Waals surface area contributed by atoms with Crippen LogP contribution in [0.4, 0.5) is 0 Å². The molecule has 1 aromatic rings. The minimum absolute atomic E-state index is 0. The van der Waals surface area contributed by atoms with Crippen molar-refractivity contribution in [2.45, 2.75) is 33.2 Å². The molecular formula is C12H14KNO3. The van der Waals surface area contributed by atoms with Crippen molar-refractivity contribution in [3.8, 4) is 0 Å². The van der Waals surface area contributed by atoms with Crippen LogP contribution in [0.1, 0.15) is 28.7 Å². The van der Waals surface area contributed by atoms with Gasteiger partial charge in [-0.15, -0.1) is 0 Å². The molecule has 0 heterocycles. The van der Waals surface area contributed by atoms with Gasteiger partial charge in [0, 0.05) is 5.97 Å². The number of carboxylic acids is 1. The molecule has 0 saturated heterocycles. The Bertz CT molecular complexity index is 395. The number of carbonyl (C=O) groups excluding carboxylic acids is 1. The van der Waals surface area contributed by atoms with Crippen LogP contribution >= 0.6 is 0 Å².